The Balaban J connectivity index is 2.61. The molecule has 0 saturated carbocycles. The van der Waals surface area contributed by atoms with Gasteiger partial charge in [-0.25, -0.2) is 0 Å². The molecule has 5 nitrogen and oxygen atoms in total. The van der Waals surface area contributed by atoms with Gasteiger partial charge in [0.15, 0.2) is 0 Å². The molecule has 5 heteroatoms. The fourth-order valence-electron chi connectivity index (χ4n) is 2.12. The summed E-state index contributed by atoms with van der Waals surface area (Å²) < 4.78 is 9.88. The van der Waals surface area contributed by atoms with Gasteiger partial charge >= 0.3 is 11.9 Å². The molecule has 0 radical (unpaired) electrons. The van der Waals surface area contributed by atoms with Crippen LogP contribution in [-0.2, 0) is 19.1 Å². The molecule has 16 heavy (non-hydrogen) atoms. The molecule has 0 amide bonds. The topological polar surface area (TPSA) is 72.8 Å². The summed E-state index contributed by atoms with van der Waals surface area (Å²) in [5, 5.41) is 9.11. The Bertz CT molecular complexity index is 263. The Labute approximate surface area is 94.7 Å². The normalized spacial score (nSPS) is 27.1. The van der Waals surface area contributed by atoms with E-state index in [2.05, 4.69) is 4.74 Å². The second-order valence-electron chi connectivity index (χ2n) is 4.19. The van der Waals surface area contributed by atoms with Crippen molar-refractivity contribution in [3.05, 3.63) is 0 Å². The Morgan fingerprint density at radius 2 is 2.25 bits per heavy atom. The van der Waals surface area contributed by atoms with Crippen LogP contribution in [-0.4, -0.2) is 36.9 Å². The largest absolute Gasteiger partial charge is 0.481 e. The number of hydrogen-bond donors (Lipinski definition) is 1. The van der Waals surface area contributed by atoms with Crippen molar-refractivity contribution in [2.45, 2.75) is 32.3 Å². The first-order valence-corrected chi connectivity index (χ1v) is 5.45. The van der Waals surface area contributed by atoms with Crippen LogP contribution in [0.3, 0.4) is 0 Å². The zero-order valence-corrected chi connectivity index (χ0v) is 9.64. The van der Waals surface area contributed by atoms with Crippen LogP contribution < -0.4 is 0 Å². The summed E-state index contributed by atoms with van der Waals surface area (Å²) in [6.07, 6.45) is 1.40. The molecular formula is C11H18O5. The maximum atomic E-state index is 11.1. The van der Waals surface area contributed by atoms with Gasteiger partial charge in [-0.3, -0.25) is 9.59 Å². The Morgan fingerprint density at radius 3 is 2.75 bits per heavy atom. The smallest absolute Gasteiger partial charge is 0.307 e. The van der Waals surface area contributed by atoms with Crippen molar-refractivity contribution >= 4 is 11.9 Å². The maximum absolute atomic E-state index is 11.1. The third kappa shape index (κ3) is 3.48. The van der Waals surface area contributed by atoms with Gasteiger partial charge in [-0.15, -0.1) is 0 Å². The Morgan fingerprint density at radius 1 is 1.56 bits per heavy atom. The second kappa shape index (κ2) is 5.84. The lowest BCUT2D eigenvalue weighted by Gasteiger charge is -2.30. The number of carbonyl (C=O) groups excluding carboxylic acids is 1. The number of hydrogen-bond acceptors (Lipinski definition) is 4. The van der Waals surface area contributed by atoms with Gasteiger partial charge in [0.2, 0.25) is 0 Å². The van der Waals surface area contributed by atoms with Gasteiger partial charge in [-0.1, -0.05) is 0 Å². The van der Waals surface area contributed by atoms with E-state index in [9.17, 15) is 9.59 Å². The zero-order chi connectivity index (χ0) is 12.1. The van der Waals surface area contributed by atoms with Crippen molar-refractivity contribution in [1.29, 1.82) is 0 Å². The van der Waals surface area contributed by atoms with Crippen LogP contribution in [0.15, 0.2) is 0 Å². The predicted octanol–water partition coefficient (Wildman–Crippen LogP) is 1.07. The fourth-order valence-corrected chi connectivity index (χ4v) is 2.12. The van der Waals surface area contributed by atoms with E-state index in [-0.39, 0.29) is 18.4 Å². The minimum Gasteiger partial charge on any atom is -0.481 e. The van der Waals surface area contributed by atoms with E-state index in [4.69, 9.17) is 9.84 Å². The molecule has 1 aliphatic heterocycles. The summed E-state index contributed by atoms with van der Waals surface area (Å²) in [6.45, 7) is 2.49. The first-order chi connectivity index (χ1) is 7.54. The van der Waals surface area contributed by atoms with E-state index in [1.54, 1.807) is 0 Å². The number of methoxy groups -OCH3 is 1. The lowest BCUT2D eigenvalue weighted by molar-refractivity contribution is -0.153. The first-order valence-electron chi connectivity index (χ1n) is 5.45. The van der Waals surface area contributed by atoms with E-state index in [1.165, 1.54) is 7.11 Å². The number of rotatable bonds is 4. The molecule has 1 saturated heterocycles. The third-order valence-corrected chi connectivity index (χ3v) is 3.03. The molecule has 1 aliphatic rings. The molecule has 1 unspecified atom stereocenters. The number of carboxylic acid groups (broad SMARTS) is 1. The Kier molecular flexibility index (Phi) is 4.73. The first kappa shape index (κ1) is 13.0. The lowest BCUT2D eigenvalue weighted by Crippen LogP contribution is -2.33. The highest BCUT2D eigenvalue weighted by Gasteiger charge is 2.33. The van der Waals surface area contributed by atoms with Crippen LogP contribution >= 0.6 is 0 Å². The summed E-state index contributed by atoms with van der Waals surface area (Å²) in [4.78, 5) is 22.2. The van der Waals surface area contributed by atoms with E-state index in [1.807, 2.05) is 6.92 Å². The van der Waals surface area contributed by atoms with Gasteiger partial charge in [0.05, 0.1) is 25.6 Å². The SMILES string of the molecule is COC(=O)CC(C(=O)O)[C@H]1CCO[C@@H](C)C1. The average molecular weight is 230 g/mol. The molecule has 1 N–H and O–H groups in total. The number of ether oxygens (including phenoxy) is 2. The summed E-state index contributed by atoms with van der Waals surface area (Å²) in [6, 6.07) is 0. The van der Waals surface area contributed by atoms with Gasteiger partial charge in [-0.05, 0) is 25.7 Å². The molecule has 1 heterocycles. The van der Waals surface area contributed by atoms with E-state index in [0.29, 0.717) is 19.4 Å². The molecule has 0 aliphatic carbocycles. The number of aliphatic carboxylic acids is 1. The van der Waals surface area contributed by atoms with Gasteiger partial charge in [0, 0.05) is 6.61 Å². The molecule has 0 aromatic heterocycles. The van der Waals surface area contributed by atoms with Crippen molar-refractivity contribution in [3.63, 3.8) is 0 Å². The minimum absolute atomic E-state index is 0.000324. The van der Waals surface area contributed by atoms with Crippen LogP contribution in [0, 0.1) is 11.8 Å². The van der Waals surface area contributed by atoms with Crippen molar-refractivity contribution in [1.82, 2.24) is 0 Å². The van der Waals surface area contributed by atoms with Crippen LogP contribution in [0.5, 0.6) is 0 Å². The van der Waals surface area contributed by atoms with Gasteiger partial charge in [0.25, 0.3) is 0 Å². The van der Waals surface area contributed by atoms with E-state index in [0.717, 1.165) is 0 Å². The van der Waals surface area contributed by atoms with E-state index >= 15 is 0 Å². The summed E-state index contributed by atoms with van der Waals surface area (Å²) in [7, 11) is 1.27. The van der Waals surface area contributed by atoms with Crippen LogP contribution in [0.25, 0.3) is 0 Å². The van der Waals surface area contributed by atoms with Crippen molar-refractivity contribution in [2.24, 2.45) is 11.8 Å². The summed E-state index contributed by atoms with van der Waals surface area (Å²) in [5.41, 5.74) is 0. The molecule has 1 fully saturated rings. The molecule has 0 bridgehead atoms. The predicted molar refractivity (Wildman–Crippen MR) is 55.9 cm³/mol. The number of carbonyl (C=O) groups is 2. The van der Waals surface area contributed by atoms with Crippen LogP contribution in [0.2, 0.25) is 0 Å². The highest BCUT2D eigenvalue weighted by molar-refractivity contribution is 5.78. The van der Waals surface area contributed by atoms with E-state index < -0.39 is 17.9 Å². The monoisotopic (exact) mass is 230 g/mol. The summed E-state index contributed by atoms with van der Waals surface area (Å²) >= 11 is 0. The molecule has 3 atom stereocenters. The highest BCUT2D eigenvalue weighted by atomic mass is 16.5. The zero-order valence-electron chi connectivity index (χ0n) is 9.64. The standard InChI is InChI=1S/C11H18O5/c1-7-5-8(3-4-16-7)9(11(13)14)6-10(12)15-2/h7-9H,3-6H2,1-2H3,(H,13,14)/t7-,8-,9?/m0/s1. The highest BCUT2D eigenvalue weighted by Crippen LogP contribution is 2.29. The molecule has 0 aromatic carbocycles. The Hall–Kier alpha value is -1.10. The van der Waals surface area contributed by atoms with Crippen molar-refractivity contribution in [3.8, 4) is 0 Å². The van der Waals surface area contributed by atoms with Gasteiger partial charge < -0.3 is 14.6 Å². The number of esters is 1. The van der Waals surface area contributed by atoms with Crippen molar-refractivity contribution in [2.75, 3.05) is 13.7 Å². The summed E-state index contributed by atoms with van der Waals surface area (Å²) in [5.74, 6) is -2.05. The maximum Gasteiger partial charge on any atom is 0.307 e. The number of carboxylic acids is 1. The van der Waals surface area contributed by atoms with Crippen molar-refractivity contribution < 1.29 is 24.2 Å². The quantitative estimate of drug-likeness (QED) is 0.731. The minimum atomic E-state index is -0.926. The molecule has 92 valence electrons. The molecule has 1 rings (SSSR count). The molecule has 0 aromatic rings. The van der Waals surface area contributed by atoms with Crippen LogP contribution in [0.4, 0.5) is 0 Å². The van der Waals surface area contributed by atoms with Crippen LogP contribution in [0.1, 0.15) is 26.2 Å². The average Bonchev–Trinajstić information content (AvgIpc) is 2.25. The molecule has 0 spiro atoms. The van der Waals surface area contributed by atoms with Gasteiger partial charge in [0.1, 0.15) is 0 Å². The second-order valence-corrected chi connectivity index (χ2v) is 4.19. The lowest BCUT2D eigenvalue weighted by atomic mass is 9.82. The fraction of sp³-hybridized carbons (Fsp3) is 0.818. The third-order valence-electron chi connectivity index (χ3n) is 3.03. The molecular weight excluding hydrogens is 212 g/mol. The van der Waals surface area contributed by atoms with Gasteiger partial charge in [-0.2, -0.15) is 0 Å².